The average molecular weight is 245 g/mol. The van der Waals surface area contributed by atoms with E-state index >= 15 is 0 Å². The molecule has 0 atom stereocenters. The molecular weight excluding hydrogens is 230 g/mol. The first-order valence-corrected chi connectivity index (χ1v) is 5.56. The summed E-state index contributed by atoms with van der Waals surface area (Å²) in [5.41, 5.74) is 8.52. The molecule has 1 aromatic heterocycles. The van der Waals surface area contributed by atoms with E-state index in [1.165, 1.54) is 0 Å². The van der Waals surface area contributed by atoms with E-state index in [1.54, 1.807) is 23.0 Å². The number of nitrogens with two attached hydrogens (primary N) is 1. The van der Waals surface area contributed by atoms with Crippen molar-refractivity contribution in [1.29, 1.82) is 0 Å². The first-order valence-electron chi connectivity index (χ1n) is 5.56. The normalized spacial score (nSPS) is 10.3. The van der Waals surface area contributed by atoms with Gasteiger partial charge in [0.1, 0.15) is 0 Å². The number of aryl methyl sites for hydroxylation is 1. The van der Waals surface area contributed by atoms with Crippen molar-refractivity contribution in [1.82, 2.24) is 15.0 Å². The molecule has 0 bridgehead atoms. The molecule has 94 valence electrons. The van der Waals surface area contributed by atoms with Gasteiger partial charge < -0.3 is 11.1 Å². The highest BCUT2D eigenvalue weighted by Gasteiger charge is 2.08. The van der Waals surface area contributed by atoms with Crippen LogP contribution in [0.2, 0.25) is 0 Å². The van der Waals surface area contributed by atoms with Gasteiger partial charge in [-0.25, -0.2) is 0 Å². The fourth-order valence-electron chi connectivity index (χ4n) is 1.75. The van der Waals surface area contributed by atoms with E-state index in [1.807, 2.05) is 20.0 Å². The SMILES string of the molecule is Cc1c(NCc2cnnn2C)cccc1C(N)=O. The maximum atomic E-state index is 11.2. The predicted molar refractivity (Wildman–Crippen MR) is 68.0 cm³/mol. The number of carbonyl (C=O) groups is 1. The lowest BCUT2D eigenvalue weighted by Gasteiger charge is -2.11. The summed E-state index contributed by atoms with van der Waals surface area (Å²) in [6.45, 7) is 2.45. The Labute approximate surface area is 105 Å². The molecule has 0 aliphatic carbocycles. The number of anilines is 1. The van der Waals surface area contributed by atoms with Crippen molar-refractivity contribution in [3.8, 4) is 0 Å². The summed E-state index contributed by atoms with van der Waals surface area (Å²) in [5.74, 6) is -0.418. The Morgan fingerprint density at radius 2 is 2.28 bits per heavy atom. The number of primary amides is 1. The van der Waals surface area contributed by atoms with Gasteiger partial charge in [-0.05, 0) is 24.6 Å². The summed E-state index contributed by atoms with van der Waals surface area (Å²) in [4.78, 5) is 11.2. The van der Waals surface area contributed by atoms with Crippen LogP contribution in [0.4, 0.5) is 5.69 Å². The Bertz CT molecular complexity index is 576. The van der Waals surface area contributed by atoms with Crippen molar-refractivity contribution in [2.45, 2.75) is 13.5 Å². The van der Waals surface area contributed by atoms with Crippen molar-refractivity contribution in [3.05, 3.63) is 41.2 Å². The molecule has 1 aromatic carbocycles. The summed E-state index contributed by atoms with van der Waals surface area (Å²) in [7, 11) is 1.83. The minimum Gasteiger partial charge on any atom is -0.379 e. The Morgan fingerprint density at radius 3 is 2.89 bits per heavy atom. The molecule has 6 nitrogen and oxygen atoms in total. The van der Waals surface area contributed by atoms with Crippen LogP contribution in [0.1, 0.15) is 21.6 Å². The van der Waals surface area contributed by atoms with Crippen LogP contribution in [0, 0.1) is 6.92 Å². The summed E-state index contributed by atoms with van der Waals surface area (Å²) in [6.07, 6.45) is 1.69. The largest absolute Gasteiger partial charge is 0.379 e. The fraction of sp³-hybridized carbons (Fsp3) is 0.250. The lowest BCUT2D eigenvalue weighted by Crippen LogP contribution is -2.14. The van der Waals surface area contributed by atoms with Gasteiger partial charge in [-0.15, -0.1) is 5.10 Å². The van der Waals surface area contributed by atoms with Crippen LogP contribution >= 0.6 is 0 Å². The fourth-order valence-corrected chi connectivity index (χ4v) is 1.75. The Hall–Kier alpha value is -2.37. The lowest BCUT2D eigenvalue weighted by atomic mass is 10.1. The van der Waals surface area contributed by atoms with Crippen LogP contribution < -0.4 is 11.1 Å². The summed E-state index contributed by atoms with van der Waals surface area (Å²) >= 11 is 0. The van der Waals surface area contributed by atoms with Gasteiger partial charge in [0, 0.05) is 18.3 Å². The van der Waals surface area contributed by atoms with E-state index in [9.17, 15) is 4.79 Å². The molecule has 1 amide bonds. The molecule has 0 saturated heterocycles. The minimum absolute atomic E-state index is 0.418. The highest BCUT2D eigenvalue weighted by molar-refractivity contribution is 5.95. The van der Waals surface area contributed by atoms with Gasteiger partial charge in [-0.1, -0.05) is 11.3 Å². The maximum absolute atomic E-state index is 11.2. The number of amides is 1. The van der Waals surface area contributed by atoms with Crippen LogP contribution in [-0.4, -0.2) is 20.9 Å². The molecule has 0 spiro atoms. The van der Waals surface area contributed by atoms with E-state index < -0.39 is 5.91 Å². The quantitative estimate of drug-likeness (QED) is 0.835. The number of nitrogens with zero attached hydrogens (tertiary/aromatic N) is 3. The van der Waals surface area contributed by atoms with Gasteiger partial charge in [-0.3, -0.25) is 9.48 Å². The van der Waals surface area contributed by atoms with Crippen LogP contribution in [0.5, 0.6) is 0 Å². The van der Waals surface area contributed by atoms with Crippen LogP contribution in [0.3, 0.4) is 0 Å². The molecule has 0 aliphatic heterocycles. The van der Waals surface area contributed by atoms with Crippen molar-refractivity contribution in [3.63, 3.8) is 0 Å². The first kappa shape index (κ1) is 12.1. The molecular formula is C12H15N5O. The van der Waals surface area contributed by atoms with Crippen molar-refractivity contribution in [2.24, 2.45) is 12.8 Å². The molecule has 3 N–H and O–H groups in total. The third-order valence-electron chi connectivity index (χ3n) is 2.87. The molecule has 0 aliphatic rings. The summed E-state index contributed by atoms with van der Waals surface area (Å²) < 4.78 is 1.69. The van der Waals surface area contributed by atoms with E-state index in [2.05, 4.69) is 15.6 Å². The van der Waals surface area contributed by atoms with Gasteiger partial charge in [0.15, 0.2) is 0 Å². The zero-order chi connectivity index (χ0) is 13.1. The molecule has 18 heavy (non-hydrogen) atoms. The van der Waals surface area contributed by atoms with Gasteiger partial charge in [-0.2, -0.15) is 0 Å². The van der Waals surface area contributed by atoms with Crippen LogP contribution in [0.25, 0.3) is 0 Å². The number of hydrogen-bond acceptors (Lipinski definition) is 4. The van der Waals surface area contributed by atoms with Gasteiger partial charge >= 0.3 is 0 Å². The number of rotatable bonds is 4. The molecule has 2 rings (SSSR count). The third-order valence-corrected chi connectivity index (χ3v) is 2.87. The smallest absolute Gasteiger partial charge is 0.249 e. The highest BCUT2D eigenvalue weighted by atomic mass is 16.1. The van der Waals surface area contributed by atoms with Crippen LogP contribution in [0.15, 0.2) is 24.4 Å². The molecule has 0 fully saturated rings. The zero-order valence-electron chi connectivity index (χ0n) is 10.3. The van der Waals surface area contributed by atoms with E-state index in [0.717, 1.165) is 16.9 Å². The molecule has 1 heterocycles. The Kier molecular flexibility index (Phi) is 3.27. The van der Waals surface area contributed by atoms with Crippen molar-refractivity contribution in [2.75, 3.05) is 5.32 Å². The number of nitrogens with one attached hydrogen (secondary N) is 1. The number of benzene rings is 1. The molecule has 6 heteroatoms. The standard InChI is InChI=1S/C12H15N5O/c1-8-10(12(13)18)4-3-5-11(8)14-6-9-7-15-16-17(9)2/h3-5,7,14H,6H2,1-2H3,(H2,13,18). The first-order chi connectivity index (χ1) is 8.59. The van der Waals surface area contributed by atoms with Gasteiger partial charge in [0.2, 0.25) is 5.91 Å². The maximum Gasteiger partial charge on any atom is 0.249 e. The van der Waals surface area contributed by atoms with E-state index in [0.29, 0.717) is 12.1 Å². The monoisotopic (exact) mass is 245 g/mol. The third kappa shape index (κ3) is 2.32. The number of carbonyl (C=O) groups excluding carboxylic acids is 1. The van der Waals surface area contributed by atoms with Gasteiger partial charge in [0.25, 0.3) is 0 Å². The lowest BCUT2D eigenvalue weighted by molar-refractivity contribution is 0.1000. The minimum atomic E-state index is -0.418. The van der Waals surface area contributed by atoms with Crippen molar-refractivity contribution < 1.29 is 4.79 Å². The molecule has 0 unspecified atom stereocenters. The highest BCUT2D eigenvalue weighted by Crippen LogP contribution is 2.19. The number of hydrogen-bond donors (Lipinski definition) is 2. The topological polar surface area (TPSA) is 85.8 Å². The average Bonchev–Trinajstić information content (AvgIpc) is 2.73. The van der Waals surface area contributed by atoms with Gasteiger partial charge in [0.05, 0.1) is 18.4 Å². The zero-order valence-corrected chi connectivity index (χ0v) is 10.3. The van der Waals surface area contributed by atoms with E-state index in [-0.39, 0.29) is 0 Å². The van der Waals surface area contributed by atoms with E-state index in [4.69, 9.17) is 5.73 Å². The predicted octanol–water partition coefficient (Wildman–Crippen LogP) is 0.835. The molecule has 0 radical (unpaired) electrons. The number of aromatic nitrogens is 3. The molecule has 0 saturated carbocycles. The van der Waals surface area contributed by atoms with Crippen LogP contribution in [-0.2, 0) is 13.6 Å². The second kappa shape index (κ2) is 4.87. The Morgan fingerprint density at radius 1 is 1.50 bits per heavy atom. The second-order valence-corrected chi connectivity index (χ2v) is 4.04. The second-order valence-electron chi connectivity index (χ2n) is 4.04. The molecule has 2 aromatic rings. The Balaban J connectivity index is 2.17. The summed E-state index contributed by atoms with van der Waals surface area (Å²) in [6, 6.07) is 5.43. The summed E-state index contributed by atoms with van der Waals surface area (Å²) in [5, 5.41) is 10.9. The van der Waals surface area contributed by atoms with Crippen molar-refractivity contribution >= 4 is 11.6 Å².